The first-order chi connectivity index (χ1) is 9.29. The van der Waals surface area contributed by atoms with Gasteiger partial charge in [0, 0.05) is 12.6 Å². The fraction of sp³-hybridized carbons (Fsp3) is 0.429. The Balaban J connectivity index is 2.51. The number of nitrogens with one attached hydrogen (secondary N) is 2. The van der Waals surface area contributed by atoms with Crippen LogP contribution in [-0.4, -0.2) is 23.1 Å². The summed E-state index contributed by atoms with van der Waals surface area (Å²) in [6.45, 7) is 5.20. The average molecular weight is 282 g/mol. The van der Waals surface area contributed by atoms with Gasteiger partial charge in [-0.15, -0.1) is 0 Å². The third kappa shape index (κ3) is 4.87. The van der Waals surface area contributed by atoms with Crippen LogP contribution >= 0.6 is 0 Å². The number of carboxylic acids is 1. The third-order valence-corrected chi connectivity index (χ3v) is 2.81. The van der Waals surface area contributed by atoms with Gasteiger partial charge in [0.05, 0.1) is 6.42 Å². The van der Waals surface area contributed by atoms with Crippen molar-refractivity contribution in [3.05, 3.63) is 34.6 Å². The van der Waals surface area contributed by atoms with Crippen LogP contribution in [0.5, 0.6) is 0 Å². The predicted octanol–water partition coefficient (Wildman–Crippen LogP) is 2.10. The van der Waals surface area contributed by atoms with Gasteiger partial charge in [-0.05, 0) is 37.5 Å². The Hall–Kier alpha value is -2.11. The molecule has 0 fully saturated rings. The quantitative estimate of drug-likeness (QED) is 0.774. The molecule has 1 atom stereocenters. The van der Waals surface area contributed by atoms with Crippen LogP contribution in [-0.2, 0) is 11.3 Å². The van der Waals surface area contributed by atoms with E-state index in [9.17, 15) is 14.0 Å². The SMILES string of the molecule is Cc1cc(CNC(=O)NC(C)CC(=O)O)cc(C)c1F. The van der Waals surface area contributed by atoms with Crippen molar-refractivity contribution in [2.24, 2.45) is 0 Å². The monoisotopic (exact) mass is 282 g/mol. The summed E-state index contributed by atoms with van der Waals surface area (Å²) < 4.78 is 13.4. The molecule has 0 spiro atoms. The molecule has 6 heteroatoms. The van der Waals surface area contributed by atoms with Gasteiger partial charge in [0.25, 0.3) is 0 Å². The van der Waals surface area contributed by atoms with Gasteiger partial charge in [-0.3, -0.25) is 4.79 Å². The average Bonchev–Trinajstić information content (AvgIpc) is 2.32. The molecule has 110 valence electrons. The number of halogens is 1. The Labute approximate surface area is 117 Å². The number of amides is 2. The Morgan fingerprint density at radius 2 is 1.85 bits per heavy atom. The number of urea groups is 1. The molecule has 0 bridgehead atoms. The van der Waals surface area contributed by atoms with E-state index in [1.807, 2.05) is 0 Å². The number of carbonyl (C=O) groups is 2. The maximum atomic E-state index is 13.4. The zero-order valence-corrected chi connectivity index (χ0v) is 11.8. The second kappa shape index (κ2) is 6.88. The second-order valence-electron chi connectivity index (χ2n) is 4.87. The molecule has 0 saturated carbocycles. The summed E-state index contributed by atoms with van der Waals surface area (Å²) in [7, 11) is 0. The van der Waals surface area contributed by atoms with Gasteiger partial charge in [0.2, 0.25) is 0 Å². The smallest absolute Gasteiger partial charge is 0.315 e. The van der Waals surface area contributed by atoms with Gasteiger partial charge >= 0.3 is 12.0 Å². The zero-order chi connectivity index (χ0) is 15.3. The summed E-state index contributed by atoms with van der Waals surface area (Å²) in [5, 5.41) is 13.7. The molecule has 20 heavy (non-hydrogen) atoms. The first kappa shape index (κ1) is 15.9. The number of benzene rings is 1. The van der Waals surface area contributed by atoms with E-state index >= 15 is 0 Å². The molecule has 2 amide bonds. The Bertz CT molecular complexity index is 494. The molecule has 0 radical (unpaired) electrons. The molecule has 1 aromatic rings. The normalized spacial score (nSPS) is 11.8. The first-order valence-electron chi connectivity index (χ1n) is 6.31. The molecule has 3 N–H and O–H groups in total. The van der Waals surface area contributed by atoms with Gasteiger partial charge in [-0.1, -0.05) is 12.1 Å². The van der Waals surface area contributed by atoms with Crippen LogP contribution in [0.3, 0.4) is 0 Å². The van der Waals surface area contributed by atoms with E-state index in [0.717, 1.165) is 5.56 Å². The lowest BCUT2D eigenvalue weighted by Gasteiger charge is -2.13. The van der Waals surface area contributed by atoms with Gasteiger partial charge in [-0.2, -0.15) is 0 Å². The van der Waals surface area contributed by atoms with Crippen LogP contribution in [0.25, 0.3) is 0 Å². The number of hydrogen-bond donors (Lipinski definition) is 3. The lowest BCUT2D eigenvalue weighted by atomic mass is 10.1. The lowest BCUT2D eigenvalue weighted by Crippen LogP contribution is -2.41. The highest BCUT2D eigenvalue weighted by Gasteiger charge is 2.11. The van der Waals surface area contributed by atoms with Gasteiger partial charge < -0.3 is 15.7 Å². The standard InChI is InChI=1S/C14H19FN2O3/c1-8-4-11(5-9(2)13(8)15)7-16-14(20)17-10(3)6-12(18)19/h4-5,10H,6-7H2,1-3H3,(H,18,19)(H2,16,17,20). The van der Waals surface area contributed by atoms with Crippen molar-refractivity contribution in [1.82, 2.24) is 10.6 Å². The molecule has 1 aromatic carbocycles. The highest BCUT2D eigenvalue weighted by Crippen LogP contribution is 2.14. The van der Waals surface area contributed by atoms with E-state index in [0.29, 0.717) is 11.1 Å². The lowest BCUT2D eigenvalue weighted by molar-refractivity contribution is -0.137. The molecule has 1 rings (SSSR count). The largest absolute Gasteiger partial charge is 0.481 e. The van der Waals surface area contributed by atoms with Crippen molar-refractivity contribution in [2.45, 2.75) is 39.8 Å². The number of carbonyl (C=O) groups excluding carboxylic acids is 1. The van der Waals surface area contributed by atoms with E-state index < -0.39 is 18.0 Å². The van der Waals surface area contributed by atoms with Crippen molar-refractivity contribution < 1.29 is 19.1 Å². The van der Waals surface area contributed by atoms with E-state index in [1.165, 1.54) is 0 Å². The minimum Gasteiger partial charge on any atom is -0.481 e. The molecule has 0 aliphatic heterocycles. The Morgan fingerprint density at radius 1 is 1.30 bits per heavy atom. The van der Waals surface area contributed by atoms with Crippen molar-refractivity contribution in [3.8, 4) is 0 Å². The summed E-state index contributed by atoms with van der Waals surface area (Å²) >= 11 is 0. The minimum absolute atomic E-state index is 0.137. The first-order valence-corrected chi connectivity index (χ1v) is 6.31. The second-order valence-corrected chi connectivity index (χ2v) is 4.87. The zero-order valence-electron chi connectivity index (χ0n) is 11.8. The molecule has 5 nitrogen and oxygen atoms in total. The number of aryl methyl sites for hydroxylation is 2. The number of hydrogen-bond acceptors (Lipinski definition) is 2. The van der Waals surface area contributed by atoms with Gasteiger partial charge in [0.1, 0.15) is 5.82 Å². The predicted molar refractivity (Wildman–Crippen MR) is 73.0 cm³/mol. The summed E-state index contributed by atoms with van der Waals surface area (Å²) in [5.41, 5.74) is 1.85. The molecule has 1 unspecified atom stereocenters. The molecule has 0 aromatic heterocycles. The minimum atomic E-state index is -0.970. The summed E-state index contributed by atoms with van der Waals surface area (Å²) in [6.07, 6.45) is -0.137. The van der Waals surface area contributed by atoms with Crippen molar-refractivity contribution in [2.75, 3.05) is 0 Å². The topological polar surface area (TPSA) is 78.4 Å². The molecular formula is C14H19FN2O3. The van der Waals surface area contributed by atoms with Crippen molar-refractivity contribution in [1.29, 1.82) is 0 Å². The molecule has 0 heterocycles. The third-order valence-electron chi connectivity index (χ3n) is 2.81. The maximum Gasteiger partial charge on any atom is 0.315 e. The van der Waals surface area contributed by atoms with Crippen LogP contribution in [0.4, 0.5) is 9.18 Å². The number of rotatable bonds is 5. The van der Waals surface area contributed by atoms with Gasteiger partial charge in [0.15, 0.2) is 0 Å². The Kier molecular flexibility index (Phi) is 5.49. The molecular weight excluding hydrogens is 263 g/mol. The summed E-state index contributed by atoms with van der Waals surface area (Å²) in [6, 6.07) is 2.44. The van der Waals surface area contributed by atoms with Crippen LogP contribution in [0, 0.1) is 19.7 Å². The van der Waals surface area contributed by atoms with Crippen molar-refractivity contribution in [3.63, 3.8) is 0 Å². The van der Waals surface area contributed by atoms with E-state index in [-0.39, 0.29) is 18.8 Å². The fourth-order valence-corrected chi connectivity index (χ4v) is 1.91. The van der Waals surface area contributed by atoms with Crippen LogP contribution in [0.1, 0.15) is 30.0 Å². The van der Waals surface area contributed by atoms with E-state index in [4.69, 9.17) is 5.11 Å². The fourth-order valence-electron chi connectivity index (χ4n) is 1.91. The highest BCUT2D eigenvalue weighted by atomic mass is 19.1. The van der Waals surface area contributed by atoms with Gasteiger partial charge in [-0.25, -0.2) is 9.18 Å². The van der Waals surface area contributed by atoms with E-state index in [2.05, 4.69) is 10.6 Å². The number of carboxylic acid groups (broad SMARTS) is 1. The van der Waals surface area contributed by atoms with E-state index in [1.54, 1.807) is 32.9 Å². The molecule has 0 aliphatic carbocycles. The highest BCUT2D eigenvalue weighted by molar-refractivity contribution is 5.75. The Morgan fingerprint density at radius 3 is 2.35 bits per heavy atom. The van der Waals surface area contributed by atoms with Crippen molar-refractivity contribution >= 4 is 12.0 Å². The summed E-state index contributed by atoms with van der Waals surface area (Å²) in [5.74, 6) is -1.21. The maximum absolute atomic E-state index is 13.4. The van der Waals surface area contributed by atoms with Crippen LogP contribution in [0.2, 0.25) is 0 Å². The molecule has 0 saturated heterocycles. The van der Waals surface area contributed by atoms with Crippen LogP contribution < -0.4 is 10.6 Å². The van der Waals surface area contributed by atoms with Crippen LogP contribution in [0.15, 0.2) is 12.1 Å². The summed E-state index contributed by atoms with van der Waals surface area (Å²) in [4.78, 5) is 22.0. The number of aliphatic carboxylic acids is 1. The molecule has 0 aliphatic rings.